The van der Waals surface area contributed by atoms with Gasteiger partial charge in [0, 0.05) is 11.6 Å². The zero-order chi connectivity index (χ0) is 13.9. The zero-order valence-corrected chi connectivity index (χ0v) is 11.3. The van der Waals surface area contributed by atoms with Crippen molar-refractivity contribution < 1.29 is 0 Å². The Labute approximate surface area is 118 Å². The van der Waals surface area contributed by atoms with Crippen LogP contribution in [0.2, 0.25) is 0 Å². The molecule has 0 atom stereocenters. The van der Waals surface area contributed by atoms with E-state index in [4.69, 9.17) is 0 Å². The first-order valence-corrected chi connectivity index (χ1v) is 6.47. The lowest BCUT2D eigenvalue weighted by molar-refractivity contribution is 1.27. The number of hydrogen-bond acceptors (Lipinski definition) is 3. The van der Waals surface area contributed by atoms with Gasteiger partial charge in [0.15, 0.2) is 0 Å². The van der Waals surface area contributed by atoms with Gasteiger partial charge in [-0.15, -0.1) is 0 Å². The second-order valence-electron chi connectivity index (χ2n) is 4.69. The summed E-state index contributed by atoms with van der Waals surface area (Å²) in [5, 5.41) is 5.60. The summed E-state index contributed by atoms with van der Waals surface area (Å²) in [5.74, 6) is 0.847. The lowest BCUT2D eigenvalue weighted by atomic mass is 10.1. The maximum atomic E-state index is 4.43. The van der Waals surface area contributed by atoms with Gasteiger partial charge in [-0.2, -0.15) is 0 Å². The normalized spacial score (nSPS) is 10.4. The van der Waals surface area contributed by atoms with Gasteiger partial charge in [0.1, 0.15) is 5.82 Å². The van der Waals surface area contributed by atoms with Gasteiger partial charge in [0.05, 0.1) is 17.6 Å². The molecule has 0 bridgehead atoms. The third-order valence-corrected chi connectivity index (χ3v) is 3.18. The SMILES string of the molecule is C=Cc1ccc(Nc2nccc3ccc(C)cc23)cn1. The fourth-order valence-electron chi connectivity index (χ4n) is 2.12. The molecular weight excluding hydrogens is 246 g/mol. The molecule has 2 aromatic heterocycles. The molecular formula is C17H15N3. The summed E-state index contributed by atoms with van der Waals surface area (Å²) in [6.45, 7) is 5.78. The first-order chi connectivity index (χ1) is 9.76. The third-order valence-electron chi connectivity index (χ3n) is 3.18. The Morgan fingerprint density at radius 1 is 1.10 bits per heavy atom. The molecule has 20 heavy (non-hydrogen) atoms. The largest absolute Gasteiger partial charge is 0.338 e. The van der Waals surface area contributed by atoms with E-state index < -0.39 is 0 Å². The van der Waals surface area contributed by atoms with E-state index >= 15 is 0 Å². The summed E-state index contributed by atoms with van der Waals surface area (Å²) in [6, 6.07) is 12.3. The highest BCUT2D eigenvalue weighted by Crippen LogP contribution is 2.25. The molecule has 3 nitrogen and oxygen atoms in total. The summed E-state index contributed by atoms with van der Waals surface area (Å²) < 4.78 is 0. The molecule has 0 aliphatic carbocycles. The molecule has 98 valence electrons. The van der Waals surface area contributed by atoms with Gasteiger partial charge >= 0.3 is 0 Å². The van der Waals surface area contributed by atoms with Crippen LogP contribution in [-0.2, 0) is 0 Å². The van der Waals surface area contributed by atoms with E-state index in [2.05, 4.69) is 47.0 Å². The lowest BCUT2D eigenvalue weighted by Crippen LogP contribution is -1.95. The standard InChI is InChI=1S/C17H15N3/c1-3-14-6-7-15(11-19-14)20-17-16-10-12(2)4-5-13(16)8-9-18-17/h3-11H,1H2,2H3,(H,18,20). The van der Waals surface area contributed by atoms with Gasteiger partial charge in [-0.3, -0.25) is 4.98 Å². The number of hydrogen-bond donors (Lipinski definition) is 1. The van der Waals surface area contributed by atoms with Crippen LogP contribution in [0.4, 0.5) is 11.5 Å². The van der Waals surface area contributed by atoms with Crippen molar-refractivity contribution in [2.45, 2.75) is 6.92 Å². The smallest absolute Gasteiger partial charge is 0.138 e. The Balaban J connectivity index is 2.01. The molecule has 0 saturated carbocycles. The predicted octanol–water partition coefficient (Wildman–Crippen LogP) is 4.32. The Morgan fingerprint density at radius 3 is 2.75 bits per heavy atom. The highest BCUT2D eigenvalue weighted by atomic mass is 15.0. The van der Waals surface area contributed by atoms with E-state index in [0.717, 1.165) is 22.6 Å². The minimum absolute atomic E-state index is 0.847. The molecule has 0 unspecified atom stereocenters. The molecule has 3 rings (SSSR count). The third kappa shape index (κ3) is 2.38. The molecule has 2 heterocycles. The summed E-state index contributed by atoms with van der Waals surface area (Å²) in [6.07, 6.45) is 5.32. The second kappa shape index (κ2) is 5.13. The Hall–Kier alpha value is -2.68. The molecule has 0 aliphatic heterocycles. The van der Waals surface area contributed by atoms with Gasteiger partial charge < -0.3 is 5.32 Å². The van der Waals surface area contributed by atoms with Crippen molar-refractivity contribution in [3.63, 3.8) is 0 Å². The fourth-order valence-corrected chi connectivity index (χ4v) is 2.12. The maximum Gasteiger partial charge on any atom is 0.138 e. The number of anilines is 2. The topological polar surface area (TPSA) is 37.8 Å². The second-order valence-corrected chi connectivity index (χ2v) is 4.69. The monoisotopic (exact) mass is 261 g/mol. The molecule has 1 N–H and O–H groups in total. The molecule has 0 amide bonds. The summed E-state index contributed by atoms with van der Waals surface area (Å²) >= 11 is 0. The first kappa shape index (κ1) is 12.4. The van der Waals surface area contributed by atoms with Gasteiger partial charge in [0.25, 0.3) is 0 Å². The van der Waals surface area contributed by atoms with E-state index in [1.54, 1.807) is 12.3 Å². The average Bonchev–Trinajstić information content (AvgIpc) is 2.49. The fraction of sp³-hybridized carbons (Fsp3) is 0.0588. The molecule has 3 heteroatoms. The minimum Gasteiger partial charge on any atom is -0.338 e. The number of rotatable bonds is 3. The van der Waals surface area contributed by atoms with Gasteiger partial charge in [-0.25, -0.2) is 4.98 Å². The molecule has 1 aromatic carbocycles. The van der Waals surface area contributed by atoms with Crippen molar-refractivity contribution in [3.8, 4) is 0 Å². The summed E-state index contributed by atoms with van der Waals surface area (Å²) in [5.41, 5.74) is 2.99. The van der Waals surface area contributed by atoms with Crippen molar-refractivity contribution >= 4 is 28.4 Å². The van der Waals surface area contributed by atoms with E-state index in [9.17, 15) is 0 Å². The Kier molecular flexibility index (Phi) is 3.17. The molecule has 0 saturated heterocycles. The maximum absolute atomic E-state index is 4.43. The van der Waals surface area contributed by atoms with Crippen LogP contribution in [0, 0.1) is 6.92 Å². The van der Waals surface area contributed by atoms with Crippen LogP contribution in [0.5, 0.6) is 0 Å². The molecule has 0 fully saturated rings. The van der Waals surface area contributed by atoms with Crippen molar-refractivity contribution in [2.24, 2.45) is 0 Å². The zero-order valence-electron chi connectivity index (χ0n) is 11.3. The van der Waals surface area contributed by atoms with Crippen LogP contribution in [-0.4, -0.2) is 9.97 Å². The van der Waals surface area contributed by atoms with Crippen LogP contribution >= 0.6 is 0 Å². The van der Waals surface area contributed by atoms with Crippen LogP contribution in [0.15, 0.2) is 55.4 Å². The molecule has 0 aliphatic rings. The quantitative estimate of drug-likeness (QED) is 0.762. The number of fused-ring (bicyclic) bond motifs is 1. The van der Waals surface area contributed by atoms with Gasteiger partial charge in [0.2, 0.25) is 0 Å². The minimum atomic E-state index is 0.847. The number of nitrogens with one attached hydrogen (secondary N) is 1. The van der Waals surface area contributed by atoms with Crippen molar-refractivity contribution in [1.29, 1.82) is 0 Å². The predicted molar refractivity (Wildman–Crippen MR) is 84.1 cm³/mol. The average molecular weight is 261 g/mol. The van der Waals surface area contributed by atoms with E-state index in [1.165, 1.54) is 10.9 Å². The van der Waals surface area contributed by atoms with Crippen LogP contribution in [0.3, 0.4) is 0 Å². The Morgan fingerprint density at radius 2 is 2.00 bits per heavy atom. The number of benzene rings is 1. The first-order valence-electron chi connectivity index (χ1n) is 6.47. The van der Waals surface area contributed by atoms with Crippen molar-refractivity contribution in [2.75, 3.05) is 5.32 Å². The molecule has 0 radical (unpaired) electrons. The van der Waals surface area contributed by atoms with E-state index in [-0.39, 0.29) is 0 Å². The molecule has 0 spiro atoms. The van der Waals surface area contributed by atoms with Crippen LogP contribution < -0.4 is 5.32 Å². The number of pyridine rings is 2. The van der Waals surface area contributed by atoms with E-state index in [0.29, 0.717) is 0 Å². The van der Waals surface area contributed by atoms with Crippen molar-refractivity contribution in [1.82, 2.24) is 9.97 Å². The number of nitrogens with zero attached hydrogens (tertiary/aromatic N) is 2. The lowest BCUT2D eigenvalue weighted by Gasteiger charge is -2.09. The summed E-state index contributed by atoms with van der Waals surface area (Å²) in [4.78, 5) is 8.71. The summed E-state index contributed by atoms with van der Waals surface area (Å²) in [7, 11) is 0. The van der Waals surface area contributed by atoms with Crippen LogP contribution in [0.25, 0.3) is 16.8 Å². The van der Waals surface area contributed by atoms with E-state index in [1.807, 2.05) is 24.4 Å². The number of aromatic nitrogens is 2. The molecule has 3 aromatic rings. The van der Waals surface area contributed by atoms with Crippen LogP contribution in [0.1, 0.15) is 11.3 Å². The number of aryl methyl sites for hydroxylation is 1. The highest BCUT2D eigenvalue weighted by Gasteiger charge is 2.03. The highest BCUT2D eigenvalue weighted by molar-refractivity contribution is 5.93. The van der Waals surface area contributed by atoms with Gasteiger partial charge in [-0.1, -0.05) is 24.3 Å². The Bertz CT molecular complexity index is 761. The van der Waals surface area contributed by atoms with Crippen molar-refractivity contribution in [3.05, 3.63) is 66.6 Å². The van der Waals surface area contributed by atoms with Gasteiger partial charge in [-0.05, 0) is 42.7 Å².